The Balaban J connectivity index is 5.32. The minimum atomic E-state index is -4.46. The van der Waals surface area contributed by atoms with E-state index in [9.17, 15) is 19.0 Å². The summed E-state index contributed by atoms with van der Waals surface area (Å²) in [5, 5.41) is 3.04. The van der Waals surface area contributed by atoms with E-state index in [1.807, 2.05) is 33.3 Å². The highest BCUT2D eigenvalue weighted by atomic mass is 31.2. The first-order valence-corrected chi connectivity index (χ1v) is 31.9. The molecular formula is C64H116N2O7P+. The van der Waals surface area contributed by atoms with Gasteiger partial charge in [-0.15, -0.1) is 0 Å². The fourth-order valence-corrected chi connectivity index (χ4v) is 9.11. The summed E-state index contributed by atoms with van der Waals surface area (Å²) in [6.07, 6.45) is 70.0. The van der Waals surface area contributed by atoms with Gasteiger partial charge < -0.3 is 19.4 Å². The Hall–Kier alpha value is -2.81. The van der Waals surface area contributed by atoms with Gasteiger partial charge in [0.1, 0.15) is 19.3 Å². The van der Waals surface area contributed by atoms with E-state index in [4.69, 9.17) is 13.8 Å². The number of amides is 1. The third-order valence-corrected chi connectivity index (χ3v) is 14.1. The summed E-state index contributed by atoms with van der Waals surface area (Å²) >= 11 is 0. The molecule has 428 valence electrons. The zero-order valence-corrected chi connectivity index (χ0v) is 49.7. The number of ether oxygens (including phenoxy) is 1. The number of phosphoric acid groups is 1. The largest absolute Gasteiger partial charge is 0.472 e. The highest BCUT2D eigenvalue weighted by Gasteiger charge is 2.30. The normalized spacial score (nSPS) is 14.3. The maximum atomic E-state index is 13.5. The van der Waals surface area contributed by atoms with Crippen molar-refractivity contribution in [3.63, 3.8) is 0 Å². The van der Waals surface area contributed by atoms with Crippen LogP contribution in [0.25, 0.3) is 0 Å². The number of phosphoric ester groups is 1. The summed E-state index contributed by atoms with van der Waals surface area (Å²) in [5.74, 6) is -0.541. The van der Waals surface area contributed by atoms with Gasteiger partial charge in [0.15, 0.2) is 0 Å². The summed E-state index contributed by atoms with van der Waals surface area (Å²) in [5.41, 5.74) is 0. The molecule has 10 heteroatoms. The Bertz CT molecular complexity index is 1540. The van der Waals surface area contributed by atoms with Crippen molar-refractivity contribution in [3.05, 3.63) is 85.1 Å². The fraction of sp³-hybridized carbons (Fsp3) is 0.750. The van der Waals surface area contributed by atoms with Gasteiger partial charge in [-0.1, -0.05) is 228 Å². The van der Waals surface area contributed by atoms with Gasteiger partial charge in [0.05, 0.1) is 33.8 Å². The zero-order chi connectivity index (χ0) is 54.3. The topological polar surface area (TPSA) is 111 Å². The second kappa shape index (κ2) is 53.6. The van der Waals surface area contributed by atoms with Crippen molar-refractivity contribution in [1.82, 2.24) is 5.32 Å². The Kier molecular flexibility index (Phi) is 51.5. The molecule has 0 radical (unpaired) electrons. The van der Waals surface area contributed by atoms with E-state index in [0.717, 1.165) is 116 Å². The van der Waals surface area contributed by atoms with E-state index < -0.39 is 20.0 Å². The molecule has 0 aromatic rings. The lowest BCUT2D eigenvalue weighted by atomic mass is 10.0. The number of nitrogens with zero attached hydrogens (tertiary/aromatic N) is 1. The second-order valence-electron chi connectivity index (χ2n) is 21.5. The molecular weight excluding hydrogens is 940 g/mol. The molecule has 0 bridgehead atoms. The fourth-order valence-electron chi connectivity index (χ4n) is 8.37. The Labute approximate surface area is 456 Å². The van der Waals surface area contributed by atoms with Crippen LogP contribution in [0.1, 0.15) is 258 Å². The van der Waals surface area contributed by atoms with E-state index in [0.29, 0.717) is 17.4 Å². The quantitative estimate of drug-likeness (QED) is 0.0205. The van der Waals surface area contributed by atoms with E-state index in [1.165, 1.54) is 109 Å². The van der Waals surface area contributed by atoms with Crippen molar-refractivity contribution in [2.45, 2.75) is 270 Å². The van der Waals surface area contributed by atoms with E-state index >= 15 is 0 Å². The van der Waals surface area contributed by atoms with Crippen molar-refractivity contribution < 1.29 is 37.3 Å². The van der Waals surface area contributed by atoms with E-state index in [2.05, 4.69) is 99.0 Å². The number of quaternary nitrogens is 1. The smallest absolute Gasteiger partial charge is 0.456 e. The van der Waals surface area contributed by atoms with E-state index in [1.54, 1.807) is 0 Å². The number of hydrogen-bond acceptors (Lipinski definition) is 6. The molecule has 0 aromatic carbocycles. The number of carbonyl (C=O) groups is 2. The summed E-state index contributed by atoms with van der Waals surface area (Å²) < 4.78 is 30.7. The monoisotopic (exact) mass is 1060 g/mol. The Morgan fingerprint density at radius 1 is 0.486 bits per heavy atom. The third kappa shape index (κ3) is 54.0. The first-order chi connectivity index (χ1) is 35.9. The molecule has 1 amide bonds. The standard InChI is InChI=1S/C64H115N2O7P/c1-7-10-13-16-19-22-25-28-30-31-32-33-34-35-36-39-42-45-48-51-54-57-64(68)73-62(55-52-49-46-43-40-37-27-24-21-18-15-12-9-3)61(60-72-74(69,70)71-59-58-66(4,5)6)65-63(67)56-53-50-47-44-41-38-29-26-23-20-17-14-11-8-2/h11,14,19-20,22-23,28-30,32-33,38,52,55,61-62H,7-10,12-13,15-18,21,24-27,31,34-37,39-51,53-54,56-60H2,1-6H3,(H-,65,67,69,70)/p+1/b14-11+,22-19-,23-20+,30-28-,33-32-,38-29+,55-52-. The van der Waals surface area contributed by atoms with Crippen LogP contribution in [0.15, 0.2) is 85.1 Å². The third-order valence-electron chi connectivity index (χ3n) is 13.1. The molecule has 2 N–H and O–H groups in total. The van der Waals surface area contributed by atoms with Crippen LogP contribution in [0.4, 0.5) is 0 Å². The van der Waals surface area contributed by atoms with Gasteiger partial charge >= 0.3 is 13.8 Å². The number of carbonyl (C=O) groups excluding carboxylic acids is 2. The molecule has 0 aromatic heterocycles. The molecule has 0 rings (SSSR count). The average molecular weight is 1060 g/mol. The SMILES string of the molecule is CC/C=C/C/C=C/C/C=C/CCCCCCC(=O)NC(COP(=O)(O)OCC[N+](C)(C)C)C(/C=C\CCCCCCCCCCCCC)OC(=O)CCCCCCCCCC/C=C\C/C=C\C/C=C\CCCCC. The molecule has 74 heavy (non-hydrogen) atoms. The van der Waals surface area contributed by atoms with Crippen molar-refractivity contribution in [1.29, 1.82) is 0 Å². The molecule has 0 aliphatic carbocycles. The number of rotatable bonds is 54. The maximum absolute atomic E-state index is 13.5. The Morgan fingerprint density at radius 2 is 0.865 bits per heavy atom. The van der Waals surface area contributed by atoms with Gasteiger partial charge in [0.2, 0.25) is 5.91 Å². The second-order valence-corrected chi connectivity index (χ2v) is 22.9. The number of likely N-dealkylation sites (N-methyl/N-ethyl adjacent to an activating group) is 1. The molecule has 0 saturated carbocycles. The number of allylic oxidation sites excluding steroid dienone is 13. The predicted octanol–water partition coefficient (Wildman–Crippen LogP) is 18.6. The highest BCUT2D eigenvalue weighted by molar-refractivity contribution is 7.47. The summed E-state index contributed by atoms with van der Waals surface area (Å²) in [6.45, 7) is 6.85. The van der Waals surface area contributed by atoms with Gasteiger partial charge in [0.25, 0.3) is 0 Å². The molecule has 9 nitrogen and oxygen atoms in total. The molecule has 0 spiro atoms. The van der Waals surface area contributed by atoms with Crippen molar-refractivity contribution in [2.75, 3.05) is 40.9 Å². The van der Waals surface area contributed by atoms with Crippen LogP contribution in [0.2, 0.25) is 0 Å². The molecule has 3 unspecified atom stereocenters. The summed E-state index contributed by atoms with van der Waals surface area (Å²) in [6, 6.07) is -0.867. The summed E-state index contributed by atoms with van der Waals surface area (Å²) in [7, 11) is 1.47. The zero-order valence-electron chi connectivity index (χ0n) is 48.8. The lowest BCUT2D eigenvalue weighted by Gasteiger charge is -2.27. The molecule has 0 aliphatic heterocycles. The lowest BCUT2D eigenvalue weighted by Crippen LogP contribution is -2.47. The predicted molar refractivity (Wildman–Crippen MR) is 318 cm³/mol. The molecule has 0 saturated heterocycles. The first kappa shape index (κ1) is 71.2. The van der Waals surface area contributed by atoms with Gasteiger partial charge in [-0.05, 0) is 102 Å². The molecule has 3 atom stereocenters. The van der Waals surface area contributed by atoms with Crippen LogP contribution in [-0.2, 0) is 27.9 Å². The van der Waals surface area contributed by atoms with Crippen LogP contribution >= 0.6 is 7.82 Å². The number of nitrogens with one attached hydrogen (secondary N) is 1. The molecule has 0 heterocycles. The van der Waals surface area contributed by atoms with Crippen LogP contribution in [-0.4, -0.2) is 74.3 Å². The minimum absolute atomic E-state index is 0.0310. The summed E-state index contributed by atoms with van der Waals surface area (Å²) in [4.78, 5) is 37.7. The van der Waals surface area contributed by atoms with Gasteiger partial charge in [-0.25, -0.2) is 4.57 Å². The van der Waals surface area contributed by atoms with Crippen LogP contribution in [0, 0.1) is 0 Å². The average Bonchev–Trinajstić information content (AvgIpc) is 3.36. The maximum Gasteiger partial charge on any atom is 0.472 e. The van der Waals surface area contributed by atoms with Crippen molar-refractivity contribution in [2.24, 2.45) is 0 Å². The number of hydrogen-bond donors (Lipinski definition) is 2. The molecule has 0 aliphatic rings. The van der Waals surface area contributed by atoms with Crippen molar-refractivity contribution >= 4 is 19.7 Å². The van der Waals surface area contributed by atoms with Gasteiger partial charge in [0, 0.05) is 12.8 Å². The van der Waals surface area contributed by atoms with Gasteiger partial charge in [-0.2, -0.15) is 0 Å². The van der Waals surface area contributed by atoms with Crippen LogP contribution in [0.3, 0.4) is 0 Å². The van der Waals surface area contributed by atoms with Gasteiger partial charge in [-0.3, -0.25) is 18.6 Å². The van der Waals surface area contributed by atoms with Crippen LogP contribution < -0.4 is 5.32 Å². The lowest BCUT2D eigenvalue weighted by molar-refractivity contribution is -0.870. The minimum Gasteiger partial charge on any atom is -0.456 e. The first-order valence-electron chi connectivity index (χ1n) is 30.4. The molecule has 0 fully saturated rings. The van der Waals surface area contributed by atoms with Crippen molar-refractivity contribution in [3.8, 4) is 0 Å². The Morgan fingerprint density at radius 3 is 1.32 bits per heavy atom. The highest BCUT2D eigenvalue weighted by Crippen LogP contribution is 2.43. The van der Waals surface area contributed by atoms with Crippen LogP contribution in [0.5, 0.6) is 0 Å². The van der Waals surface area contributed by atoms with E-state index in [-0.39, 0.29) is 31.5 Å². The number of esters is 1. The number of unbranched alkanes of at least 4 members (excludes halogenated alkanes) is 26.